The second kappa shape index (κ2) is 9.42. The van der Waals surface area contributed by atoms with E-state index in [9.17, 15) is 23.2 Å². The van der Waals surface area contributed by atoms with Gasteiger partial charge < -0.3 is 15.4 Å². The Labute approximate surface area is 154 Å². The Hall–Kier alpha value is -3.29. The van der Waals surface area contributed by atoms with Gasteiger partial charge in [0, 0.05) is 11.8 Å². The monoisotopic (exact) mass is 376 g/mol. The van der Waals surface area contributed by atoms with Crippen LogP contribution in [0.15, 0.2) is 48.5 Å². The quantitative estimate of drug-likeness (QED) is 0.726. The van der Waals surface area contributed by atoms with Gasteiger partial charge in [-0.2, -0.15) is 0 Å². The molecule has 0 spiro atoms. The van der Waals surface area contributed by atoms with Crippen molar-refractivity contribution >= 4 is 23.5 Å². The number of rotatable bonds is 7. The molecule has 2 aromatic rings. The lowest BCUT2D eigenvalue weighted by Gasteiger charge is -2.14. The summed E-state index contributed by atoms with van der Waals surface area (Å²) in [6.45, 7) is 0.924. The summed E-state index contributed by atoms with van der Waals surface area (Å²) in [5.74, 6) is -4.04. The summed E-state index contributed by atoms with van der Waals surface area (Å²) >= 11 is 0. The van der Waals surface area contributed by atoms with Crippen LogP contribution in [0.2, 0.25) is 0 Å². The fraction of sp³-hybridized carbons (Fsp3) is 0.211. The van der Waals surface area contributed by atoms with Gasteiger partial charge in [-0.3, -0.25) is 14.4 Å². The molecule has 2 rings (SSSR count). The molecule has 0 aliphatic carbocycles. The van der Waals surface area contributed by atoms with Crippen molar-refractivity contribution in [3.63, 3.8) is 0 Å². The van der Waals surface area contributed by atoms with Crippen LogP contribution in [0.4, 0.5) is 14.5 Å². The van der Waals surface area contributed by atoms with E-state index in [2.05, 4.69) is 10.6 Å². The molecule has 0 saturated carbocycles. The Balaban J connectivity index is 1.76. The summed E-state index contributed by atoms with van der Waals surface area (Å²) in [5, 5.41) is 4.70. The summed E-state index contributed by atoms with van der Waals surface area (Å²) in [7, 11) is 0. The zero-order chi connectivity index (χ0) is 19.8. The number of hydrogen-bond acceptors (Lipinski definition) is 4. The maximum Gasteiger partial charge on any atom is 0.326 e. The second-order valence-corrected chi connectivity index (χ2v) is 5.69. The number of anilines is 1. The molecule has 142 valence electrons. The van der Waals surface area contributed by atoms with E-state index < -0.39 is 36.2 Å². The summed E-state index contributed by atoms with van der Waals surface area (Å²) in [4.78, 5) is 35.4. The molecular formula is C19H18F2N2O4. The number of benzene rings is 2. The van der Waals surface area contributed by atoms with Crippen molar-refractivity contribution < 1.29 is 27.9 Å². The van der Waals surface area contributed by atoms with Gasteiger partial charge in [-0.1, -0.05) is 30.3 Å². The zero-order valence-corrected chi connectivity index (χ0v) is 14.5. The molecule has 0 aromatic heterocycles. The number of esters is 1. The molecule has 0 bridgehead atoms. The van der Waals surface area contributed by atoms with Crippen molar-refractivity contribution in [2.45, 2.75) is 19.4 Å². The predicted molar refractivity (Wildman–Crippen MR) is 93.7 cm³/mol. The Morgan fingerprint density at radius 3 is 2.41 bits per heavy atom. The summed E-state index contributed by atoms with van der Waals surface area (Å²) in [6, 6.07) is 11.8. The molecular weight excluding hydrogens is 358 g/mol. The zero-order valence-electron chi connectivity index (χ0n) is 14.5. The molecule has 0 heterocycles. The van der Waals surface area contributed by atoms with E-state index in [1.54, 1.807) is 24.3 Å². The van der Waals surface area contributed by atoms with Gasteiger partial charge in [-0.25, -0.2) is 8.78 Å². The van der Waals surface area contributed by atoms with Gasteiger partial charge in [0.15, 0.2) is 17.7 Å². The van der Waals surface area contributed by atoms with Gasteiger partial charge in [0.25, 0.3) is 5.91 Å². The number of ether oxygens (including phenoxy) is 1. The lowest BCUT2D eigenvalue weighted by molar-refractivity contribution is -0.152. The molecule has 2 amide bonds. The maximum absolute atomic E-state index is 13.1. The fourth-order valence-corrected chi connectivity index (χ4v) is 2.12. The maximum atomic E-state index is 13.1. The Bertz CT molecular complexity index is 828. The fourth-order valence-electron chi connectivity index (χ4n) is 2.12. The Kier molecular flexibility index (Phi) is 6.99. The second-order valence-electron chi connectivity index (χ2n) is 5.69. The van der Waals surface area contributed by atoms with E-state index in [-0.39, 0.29) is 18.0 Å². The van der Waals surface area contributed by atoms with Gasteiger partial charge >= 0.3 is 5.97 Å². The third-order valence-corrected chi connectivity index (χ3v) is 3.50. The smallest absolute Gasteiger partial charge is 0.326 e. The minimum absolute atomic E-state index is 0.0259. The van der Waals surface area contributed by atoms with Gasteiger partial charge in [0.1, 0.15) is 6.54 Å². The van der Waals surface area contributed by atoms with Crippen LogP contribution < -0.4 is 10.6 Å². The van der Waals surface area contributed by atoms with Crippen LogP contribution in [-0.2, 0) is 25.5 Å². The normalized spacial score (nSPS) is 11.4. The molecule has 6 nitrogen and oxygen atoms in total. The molecule has 0 saturated heterocycles. The summed E-state index contributed by atoms with van der Waals surface area (Å²) in [6.07, 6.45) is -1.07. The highest BCUT2D eigenvalue weighted by Gasteiger charge is 2.19. The van der Waals surface area contributed by atoms with Gasteiger partial charge in [0.2, 0.25) is 5.91 Å². The van der Waals surface area contributed by atoms with Crippen molar-refractivity contribution in [3.05, 3.63) is 65.7 Å². The van der Waals surface area contributed by atoms with Gasteiger partial charge in [-0.05, 0) is 24.6 Å². The molecule has 0 aliphatic rings. The molecule has 27 heavy (non-hydrogen) atoms. The number of carbonyl (C=O) groups is 3. The molecule has 0 aliphatic heterocycles. The van der Waals surface area contributed by atoms with Crippen molar-refractivity contribution in [2.75, 3.05) is 11.9 Å². The van der Waals surface area contributed by atoms with Crippen LogP contribution in [0, 0.1) is 11.6 Å². The van der Waals surface area contributed by atoms with E-state index in [4.69, 9.17) is 4.74 Å². The minimum atomic E-state index is -1.18. The van der Waals surface area contributed by atoms with Crippen LogP contribution in [0.1, 0.15) is 12.5 Å². The topological polar surface area (TPSA) is 84.5 Å². The first-order valence-corrected chi connectivity index (χ1v) is 8.11. The van der Waals surface area contributed by atoms with E-state index in [0.717, 1.165) is 17.7 Å². The number of amides is 2. The van der Waals surface area contributed by atoms with Crippen molar-refractivity contribution in [3.8, 4) is 0 Å². The standard InChI is InChI=1S/C19H18F2N2O4/c1-12(19(26)23-14-7-8-15(20)16(21)10-14)27-18(25)11-22-17(24)9-13-5-3-2-4-6-13/h2-8,10,12H,9,11H2,1H3,(H,22,24)(H,23,26)/t12-/m0/s1. The Morgan fingerprint density at radius 2 is 1.74 bits per heavy atom. The van der Waals surface area contributed by atoms with Crippen LogP contribution in [0.25, 0.3) is 0 Å². The first kappa shape index (κ1) is 20.0. The lowest BCUT2D eigenvalue weighted by atomic mass is 10.1. The third-order valence-electron chi connectivity index (χ3n) is 3.50. The summed E-state index contributed by atoms with van der Waals surface area (Å²) < 4.78 is 30.9. The molecule has 0 fully saturated rings. The van der Waals surface area contributed by atoms with Crippen LogP contribution in [0.3, 0.4) is 0 Å². The van der Waals surface area contributed by atoms with Crippen molar-refractivity contribution in [2.24, 2.45) is 0 Å². The number of hydrogen-bond donors (Lipinski definition) is 2. The van der Waals surface area contributed by atoms with Crippen LogP contribution in [-0.4, -0.2) is 30.4 Å². The Morgan fingerprint density at radius 1 is 1.04 bits per heavy atom. The SMILES string of the molecule is C[C@H](OC(=O)CNC(=O)Cc1ccccc1)C(=O)Nc1ccc(F)c(F)c1. The predicted octanol–water partition coefficient (Wildman–Crippen LogP) is 2.19. The molecule has 0 radical (unpaired) electrons. The number of nitrogens with one attached hydrogen (secondary N) is 2. The molecule has 2 aromatic carbocycles. The van der Waals surface area contributed by atoms with E-state index in [1.165, 1.54) is 13.0 Å². The average molecular weight is 376 g/mol. The number of carbonyl (C=O) groups excluding carboxylic acids is 3. The third kappa shape index (κ3) is 6.50. The van der Waals surface area contributed by atoms with Gasteiger partial charge in [-0.15, -0.1) is 0 Å². The molecule has 8 heteroatoms. The molecule has 1 atom stereocenters. The van der Waals surface area contributed by atoms with E-state index in [0.29, 0.717) is 0 Å². The molecule has 0 unspecified atom stereocenters. The first-order valence-electron chi connectivity index (χ1n) is 8.11. The lowest BCUT2D eigenvalue weighted by Crippen LogP contribution is -2.36. The van der Waals surface area contributed by atoms with Crippen molar-refractivity contribution in [1.82, 2.24) is 5.32 Å². The van der Waals surface area contributed by atoms with E-state index >= 15 is 0 Å². The van der Waals surface area contributed by atoms with Gasteiger partial charge in [0.05, 0.1) is 6.42 Å². The highest BCUT2D eigenvalue weighted by atomic mass is 19.2. The van der Waals surface area contributed by atoms with E-state index in [1.807, 2.05) is 6.07 Å². The summed E-state index contributed by atoms with van der Waals surface area (Å²) in [5.41, 5.74) is 0.820. The average Bonchev–Trinajstić information content (AvgIpc) is 2.64. The molecule has 2 N–H and O–H groups in total. The van der Waals surface area contributed by atoms with Crippen LogP contribution in [0.5, 0.6) is 0 Å². The number of halogens is 2. The minimum Gasteiger partial charge on any atom is -0.451 e. The first-order chi connectivity index (χ1) is 12.8. The van der Waals surface area contributed by atoms with Crippen molar-refractivity contribution in [1.29, 1.82) is 0 Å². The highest BCUT2D eigenvalue weighted by molar-refractivity contribution is 5.95. The van der Waals surface area contributed by atoms with Crippen LogP contribution >= 0.6 is 0 Å². The largest absolute Gasteiger partial charge is 0.451 e. The highest BCUT2D eigenvalue weighted by Crippen LogP contribution is 2.13.